The smallest absolute Gasteiger partial charge is 0.322 e. The highest BCUT2D eigenvalue weighted by molar-refractivity contribution is 5.92. The van der Waals surface area contributed by atoms with Crippen LogP contribution in [0.4, 0.5) is 14.9 Å². The predicted octanol–water partition coefficient (Wildman–Crippen LogP) is 2.51. The Kier molecular flexibility index (Phi) is 5.29. The topological polar surface area (TPSA) is 61.4 Å². The molecule has 2 N–H and O–H groups in total. The molecule has 0 unspecified atom stereocenters. The summed E-state index contributed by atoms with van der Waals surface area (Å²) < 4.78 is 13.0. The molecule has 0 saturated heterocycles. The fourth-order valence-corrected chi connectivity index (χ4v) is 1.72. The zero-order valence-corrected chi connectivity index (χ0v) is 13.1. The third-order valence-corrected chi connectivity index (χ3v) is 2.67. The molecule has 0 aromatic heterocycles. The van der Waals surface area contributed by atoms with Gasteiger partial charge in [0, 0.05) is 18.3 Å². The maximum Gasteiger partial charge on any atom is 0.322 e. The third-order valence-electron chi connectivity index (χ3n) is 2.67. The molecule has 116 valence electrons. The van der Waals surface area contributed by atoms with E-state index in [1.54, 1.807) is 6.92 Å². The highest BCUT2D eigenvalue weighted by Gasteiger charge is 2.18. The van der Waals surface area contributed by atoms with Crippen molar-refractivity contribution < 1.29 is 14.0 Å². The van der Waals surface area contributed by atoms with Gasteiger partial charge in [0.1, 0.15) is 12.4 Å². The van der Waals surface area contributed by atoms with E-state index in [0.717, 1.165) is 0 Å². The number of anilines is 1. The first-order valence-corrected chi connectivity index (χ1v) is 6.68. The number of likely N-dealkylation sites (N-methyl/N-ethyl adjacent to an activating group) is 1. The van der Waals surface area contributed by atoms with Gasteiger partial charge >= 0.3 is 6.03 Å². The normalized spacial score (nSPS) is 11.0. The Morgan fingerprint density at radius 3 is 2.43 bits per heavy atom. The Balaban J connectivity index is 2.61. The molecule has 6 heteroatoms. The van der Waals surface area contributed by atoms with Crippen molar-refractivity contribution in [3.05, 3.63) is 29.6 Å². The van der Waals surface area contributed by atoms with E-state index in [-0.39, 0.29) is 23.8 Å². The van der Waals surface area contributed by atoms with Crippen molar-refractivity contribution in [2.75, 3.05) is 18.9 Å². The van der Waals surface area contributed by atoms with Gasteiger partial charge in [-0.1, -0.05) is 0 Å². The molecule has 1 aromatic carbocycles. The third kappa shape index (κ3) is 5.81. The summed E-state index contributed by atoms with van der Waals surface area (Å²) in [4.78, 5) is 25.0. The first kappa shape index (κ1) is 16.9. The van der Waals surface area contributed by atoms with Crippen LogP contribution in [0.15, 0.2) is 18.2 Å². The number of urea groups is 1. The lowest BCUT2D eigenvalue weighted by Gasteiger charge is -2.23. The van der Waals surface area contributed by atoms with Crippen LogP contribution >= 0.6 is 0 Å². The molecule has 0 bridgehead atoms. The number of benzene rings is 1. The van der Waals surface area contributed by atoms with Gasteiger partial charge in [0.15, 0.2) is 0 Å². The summed E-state index contributed by atoms with van der Waals surface area (Å²) in [6, 6.07) is 3.68. The van der Waals surface area contributed by atoms with Gasteiger partial charge in [0.2, 0.25) is 5.91 Å². The Hall–Kier alpha value is -2.11. The molecule has 21 heavy (non-hydrogen) atoms. The maximum atomic E-state index is 13.0. The monoisotopic (exact) mass is 295 g/mol. The number of hydrogen-bond acceptors (Lipinski definition) is 2. The SMILES string of the molecule is Cc1cc(F)ccc1NC(=O)N(C)CC(=O)NC(C)(C)C. The molecule has 5 nitrogen and oxygen atoms in total. The number of nitrogens with zero attached hydrogens (tertiary/aromatic N) is 1. The van der Waals surface area contributed by atoms with Gasteiger partial charge in [-0.05, 0) is 51.5 Å². The minimum Gasteiger partial charge on any atom is -0.350 e. The van der Waals surface area contributed by atoms with Crippen LogP contribution in [0.1, 0.15) is 26.3 Å². The van der Waals surface area contributed by atoms with Gasteiger partial charge in [0.25, 0.3) is 0 Å². The van der Waals surface area contributed by atoms with Crippen LogP contribution in [-0.4, -0.2) is 36.0 Å². The minimum atomic E-state index is -0.422. The standard InChI is InChI=1S/C15H22FN3O2/c1-10-8-11(16)6-7-12(10)17-14(21)19(5)9-13(20)18-15(2,3)4/h6-8H,9H2,1-5H3,(H,17,21)(H,18,20). The van der Waals surface area contributed by atoms with Gasteiger partial charge in [-0.25, -0.2) is 9.18 Å². The molecule has 0 spiro atoms. The van der Waals surface area contributed by atoms with Crippen LogP contribution in [0.2, 0.25) is 0 Å². The van der Waals surface area contributed by atoms with E-state index in [1.807, 2.05) is 20.8 Å². The summed E-state index contributed by atoms with van der Waals surface area (Å²) >= 11 is 0. The van der Waals surface area contributed by atoms with E-state index in [1.165, 1.54) is 30.1 Å². The molecule has 0 aliphatic heterocycles. The van der Waals surface area contributed by atoms with E-state index in [0.29, 0.717) is 11.3 Å². The lowest BCUT2D eigenvalue weighted by molar-refractivity contribution is -0.122. The van der Waals surface area contributed by atoms with Gasteiger partial charge in [0.05, 0.1) is 0 Å². The average molecular weight is 295 g/mol. The van der Waals surface area contributed by atoms with Gasteiger partial charge in [-0.2, -0.15) is 0 Å². The molecule has 0 atom stereocenters. The summed E-state index contributed by atoms with van der Waals surface area (Å²) in [5.74, 6) is -0.598. The van der Waals surface area contributed by atoms with E-state index in [9.17, 15) is 14.0 Å². The number of carbonyl (C=O) groups excluding carboxylic acids is 2. The van der Waals surface area contributed by atoms with Gasteiger partial charge in [-0.15, -0.1) is 0 Å². The molecular formula is C15H22FN3O2. The van der Waals surface area contributed by atoms with Crippen molar-refractivity contribution in [2.45, 2.75) is 33.2 Å². The molecule has 0 radical (unpaired) electrons. The van der Waals surface area contributed by atoms with Gasteiger partial charge in [-0.3, -0.25) is 4.79 Å². The number of aryl methyl sites for hydroxylation is 1. The maximum absolute atomic E-state index is 13.0. The summed E-state index contributed by atoms with van der Waals surface area (Å²) in [6.07, 6.45) is 0. The Labute approximate surface area is 124 Å². The molecule has 0 aliphatic rings. The zero-order valence-electron chi connectivity index (χ0n) is 13.1. The molecule has 0 aliphatic carbocycles. The van der Waals surface area contributed by atoms with Crippen molar-refractivity contribution in [3.8, 4) is 0 Å². The number of amides is 3. The summed E-state index contributed by atoms with van der Waals surface area (Å²) in [5, 5.41) is 5.42. The Morgan fingerprint density at radius 2 is 1.90 bits per heavy atom. The van der Waals surface area contributed by atoms with Crippen molar-refractivity contribution >= 4 is 17.6 Å². The predicted molar refractivity (Wildman–Crippen MR) is 80.7 cm³/mol. The number of halogens is 1. The highest BCUT2D eigenvalue weighted by Crippen LogP contribution is 2.16. The van der Waals surface area contributed by atoms with Crippen LogP contribution < -0.4 is 10.6 Å². The first-order valence-electron chi connectivity index (χ1n) is 6.68. The second-order valence-electron chi connectivity index (χ2n) is 6.04. The average Bonchev–Trinajstić information content (AvgIpc) is 2.29. The summed E-state index contributed by atoms with van der Waals surface area (Å²) in [5.41, 5.74) is 0.794. The summed E-state index contributed by atoms with van der Waals surface area (Å²) in [7, 11) is 1.52. The van der Waals surface area contributed by atoms with Crippen LogP contribution in [0.3, 0.4) is 0 Å². The van der Waals surface area contributed by atoms with E-state index in [4.69, 9.17) is 0 Å². The minimum absolute atomic E-state index is 0.0522. The van der Waals surface area contributed by atoms with Crippen molar-refractivity contribution in [3.63, 3.8) is 0 Å². The van der Waals surface area contributed by atoms with Crippen LogP contribution in [0, 0.1) is 12.7 Å². The van der Waals surface area contributed by atoms with E-state index < -0.39 is 6.03 Å². The molecule has 0 heterocycles. The molecule has 3 amide bonds. The Bertz CT molecular complexity index is 538. The highest BCUT2D eigenvalue weighted by atomic mass is 19.1. The number of nitrogens with one attached hydrogen (secondary N) is 2. The molecular weight excluding hydrogens is 273 g/mol. The first-order chi connectivity index (χ1) is 9.58. The van der Waals surface area contributed by atoms with Gasteiger partial charge < -0.3 is 15.5 Å². The number of hydrogen-bond donors (Lipinski definition) is 2. The van der Waals surface area contributed by atoms with Crippen LogP contribution in [0.25, 0.3) is 0 Å². The second-order valence-corrected chi connectivity index (χ2v) is 6.04. The zero-order chi connectivity index (χ0) is 16.2. The number of rotatable bonds is 3. The fourth-order valence-electron chi connectivity index (χ4n) is 1.72. The van der Waals surface area contributed by atoms with Crippen LogP contribution in [0.5, 0.6) is 0 Å². The van der Waals surface area contributed by atoms with Crippen molar-refractivity contribution in [1.82, 2.24) is 10.2 Å². The largest absolute Gasteiger partial charge is 0.350 e. The van der Waals surface area contributed by atoms with E-state index in [2.05, 4.69) is 10.6 Å². The molecule has 0 fully saturated rings. The second kappa shape index (κ2) is 6.56. The van der Waals surface area contributed by atoms with Crippen molar-refractivity contribution in [2.24, 2.45) is 0 Å². The van der Waals surface area contributed by atoms with Crippen LogP contribution in [-0.2, 0) is 4.79 Å². The lowest BCUT2D eigenvalue weighted by Crippen LogP contribution is -2.47. The molecule has 0 saturated carbocycles. The quantitative estimate of drug-likeness (QED) is 0.900. The Morgan fingerprint density at radius 1 is 1.29 bits per heavy atom. The number of carbonyl (C=O) groups is 2. The summed E-state index contributed by atoms with van der Waals surface area (Å²) in [6.45, 7) is 7.25. The van der Waals surface area contributed by atoms with Crippen molar-refractivity contribution in [1.29, 1.82) is 0 Å². The van der Waals surface area contributed by atoms with E-state index >= 15 is 0 Å². The fraction of sp³-hybridized carbons (Fsp3) is 0.467. The molecule has 1 rings (SSSR count). The molecule has 1 aromatic rings. The lowest BCUT2D eigenvalue weighted by atomic mass is 10.1.